The average Bonchev–Trinajstić information content (AvgIpc) is 1.45. The maximum absolute atomic E-state index is 14.1. The summed E-state index contributed by atoms with van der Waals surface area (Å²) in [6, 6.07) is 70.3. The monoisotopic (exact) mass is 2160 g/mol. The molecule has 13 aromatic rings. The van der Waals surface area contributed by atoms with Crippen molar-refractivity contribution in [3.63, 3.8) is 0 Å². The molecule has 0 aliphatic rings. The normalized spacial score (nSPS) is 10.3. The molecule has 0 N–H and O–H groups in total. The number of imidazole rings is 4. The smallest absolute Gasteiger partial charge is 0.357 e. The minimum Gasteiger partial charge on any atom is -0.464 e. The van der Waals surface area contributed by atoms with Crippen LogP contribution in [0.4, 0.5) is 4.39 Å². The largest absolute Gasteiger partial charge is 0.464 e. The van der Waals surface area contributed by atoms with Gasteiger partial charge < -0.3 is 23.0 Å². The number of carbonyl (C=O) groups is 1. The molecule has 4 heterocycles. The third-order valence-electron chi connectivity index (χ3n) is 15.1. The van der Waals surface area contributed by atoms with Gasteiger partial charge in [-0.1, -0.05) is 110 Å². The van der Waals surface area contributed by atoms with Crippen LogP contribution in [0.1, 0.15) is 60.6 Å². The Balaban J connectivity index is 0.000000200. The quantitative estimate of drug-likeness (QED) is 0.0999. The second-order valence-electron chi connectivity index (χ2n) is 21.8. The Morgan fingerprint density at radius 3 is 1.55 bits per heavy atom. The van der Waals surface area contributed by atoms with Crippen molar-refractivity contribution in [1.82, 2.24) is 38.2 Å². The molecular weight excluding hydrogens is 2100 g/mol. The van der Waals surface area contributed by atoms with Gasteiger partial charge in [0.15, 0.2) is 5.69 Å². The minimum absolute atomic E-state index is 0. The van der Waals surface area contributed by atoms with Crippen LogP contribution in [0.25, 0.3) is 79.4 Å². The van der Waals surface area contributed by atoms with Crippen LogP contribution in [0.2, 0.25) is 0 Å². The molecule has 10 nitrogen and oxygen atoms in total. The second-order valence-corrected chi connectivity index (χ2v) is 24.4. The minimum atomic E-state index is -0.461. The molecule has 492 valence electrons. The molecule has 0 atom stereocenters. The van der Waals surface area contributed by atoms with Crippen LogP contribution >= 0.6 is 47.8 Å². The molecular formula is C77H64Br3FIr4N8O2-4. The summed E-state index contributed by atoms with van der Waals surface area (Å²) in [4.78, 5) is 30.1. The Bertz CT molecular complexity index is 4640. The number of aryl methyl sites for hydroxylation is 9. The Morgan fingerprint density at radius 2 is 0.989 bits per heavy atom. The van der Waals surface area contributed by atoms with E-state index < -0.39 is 5.97 Å². The van der Waals surface area contributed by atoms with Crippen molar-refractivity contribution in [3.05, 3.63) is 306 Å². The van der Waals surface area contributed by atoms with Gasteiger partial charge in [0.1, 0.15) is 4.60 Å². The van der Waals surface area contributed by atoms with E-state index in [9.17, 15) is 9.18 Å². The molecule has 0 saturated heterocycles. The number of esters is 1. The van der Waals surface area contributed by atoms with Gasteiger partial charge in [-0.05, 0) is 162 Å². The summed E-state index contributed by atoms with van der Waals surface area (Å²) >= 11 is 10.5. The fourth-order valence-corrected chi connectivity index (χ4v) is 12.5. The van der Waals surface area contributed by atoms with Gasteiger partial charge in [-0.15, -0.1) is 126 Å². The summed E-state index contributed by atoms with van der Waals surface area (Å²) in [6.45, 7) is 18.8. The molecule has 0 aliphatic heterocycles. The van der Waals surface area contributed by atoms with Gasteiger partial charge in [0.2, 0.25) is 0 Å². The number of methoxy groups -OCH3 is 1. The standard InChI is InChI=1S/C25H21N2O2.C18H15BrFN2.2C17H14BrN2.4Ir/c1-17-14-21(19-10-6-4-7-11-19)15-18(2)23(17)27-16-22(25(28)29-3)26-24(27)20-12-8-5-9-13-20;1-11-8-12(2)17(13(3)9-11)22-10-16(19)21-18(22)14-6-4-5-7-15(14)20;1-12-5-3-6-13(2)16(12)20-10-9-19-17(20)14-7-4-8-15(18)11-14;1-12-7-6-8-13(2)16(12)20-15(18)11-19-17(20)14-9-4-3-5-10-14;;;;/h4-12,14-16H,1-3H3;4-5,7-10H,1-3H3;3-6,8-11H,1-2H3;3-9,11H,1-2H3;;;;/q4*-1;;;;. The van der Waals surface area contributed by atoms with Gasteiger partial charge in [-0.2, -0.15) is 0 Å². The first-order valence-electron chi connectivity index (χ1n) is 29.3. The Labute approximate surface area is 635 Å². The molecule has 18 heteroatoms. The molecule has 95 heavy (non-hydrogen) atoms. The summed E-state index contributed by atoms with van der Waals surface area (Å²) in [5.41, 5.74) is 20.7. The summed E-state index contributed by atoms with van der Waals surface area (Å²) in [7, 11) is 1.36. The molecule has 9 aromatic carbocycles. The number of ether oxygens (including phenoxy) is 1. The summed E-state index contributed by atoms with van der Waals surface area (Å²) < 4.78 is 29.8. The van der Waals surface area contributed by atoms with Crippen LogP contribution in [0.3, 0.4) is 0 Å². The van der Waals surface area contributed by atoms with E-state index in [4.69, 9.17) is 4.74 Å². The molecule has 0 bridgehead atoms. The topological polar surface area (TPSA) is 97.6 Å². The molecule has 0 aliphatic carbocycles. The van der Waals surface area contributed by atoms with Crippen molar-refractivity contribution >= 4 is 53.8 Å². The number of benzene rings is 9. The van der Waals surface area contributed by atoms with Crippen molar-refractivity contribution in [1.29, 1.82) is 0 Å². The van der Waals surface area contributed by atoms with E-state index in [0.717, 1.165) is 76.6 Å². The van der Waals surface area contributed by atoms with Crippen LogP contribution in [-0.4, -0.2) is 51.3 Å². The maximum atomic E-state index is 14.1. The van der Waals surface area contributed by atoms with Crippen LogP contribution in [-0.2, 0) is 85.2 Å². The average molecular weight is 2160 g/mol. The van der Waals surface area contributed by atoms with Crippen LogP contribution in [0, 0.1) is 92.4 Å². The molecule has 13 rings (SSSR count). The molecule has 0 saturated carbocycles. The fourth-order valence-electron chi connectivity index (χ4n) is 11.3. The van der Waals surface area contributed by atoms with Crippen molar-refractivity contribution in [2.24, 2.45) is 0 Å². The van der Waals surface area contributed by atoms with E-state index in [-0.39, 0.29) is 91.9 Å². The zero-order valence-corrected chi connectivity index (χ0v) is 67.7. The zero-order valence-electron chi connectivity index (χ0n) is 53.4. The summed E-state index contributed by atoms with van der Waals surface area (Å²) in [5.74, 6) is 2.21. The van der Waals surface area contributed by atoms with Crippen molar-refractivity contribution in [2.45, 2.75) is 62.3 Å². The van der Waals surface area contributed by atoms with E-state index in [1.54, 1.807) is 18.3 Å². The number of rotatable bonds is 10. The molecule has 0 spiro atoms. The van der Waals surface area contributed by atoms with E-state index in [1.165, 1.54) is 57.9 Å². The molecule has 4 aromatic heterocycles. The molecule has 0 unspecified atom stereocenters. The first-order valence-corrected chi connectivity index (χ1v) is 31.6. The molecule has 4 radical (unpaired) electrons. The van der Waals surface area contributed by atoms with Gasteiger partial charge in [0.25, 0.3) is 0 Å². The molecule has 0 amide bonds. The number of halogens is 4. The van der Waals surface area contributed by atoms with E-state index >= 15 is 0 Å². The Kier molecular flexibility index (Phi) is 28.9. The van der Waals surface area contributed by atoms with Crippen molar-refractivity contribution in [2.75, 3.05) is 7.11 Å². The molecule has 0 fully saturated rings. The Morgan fingerprint density at radius 1 is 0.463 bits per heavy atom. The maximum Gasteiger partial charge on any atom is 0.357 e. The van der Waals surface area contributed by atoms with Crippen LogP contribution in [0.5, 0.6) is 0 Å². The van der Waals surface area contributed by atoms with Crippen LogP contribution < -0.4 is 0 Å². The summed E-state index contributed by atoms with van der Waals surface area (Å²) in [5, 5.41) is 0. The van der Waals surface area contributed by atoms with Gasteiger partial charge in [0, 0.05) is 140 Å². The number of aromatic nitrogens is 8. The summed E-state index contributed by atoms with van der Waals surface area (Å²) in [6.07, 6.45) is 9.26. The van der Waals surface area contributed by atoms with E-state index in [2.05, 4.69) is 236 Å². The van der Waals surface area contributed by atoms with Gasteiger partial charge in [0.05, 0.1) is 35.0 Å². The number of hydrogen-bond donors (Lipinski definition) is 0. The third kappa shape index (κ3) is 18.1. The SMILES string of the molecule is COC(=O)c1cn(-c2c(C)cc(-c3ccccc3)cc2C)c(-c2[c-]cccc2)n1.Cc1cc(C)c(-n2cc(Br)nc2-c2[c-]cccc2F)c(C)c1.Cc1cccc(C)c1-n1c(Br)cnc1-c1[c-]cccc1.Cc1cccc(C)c1-n1ccnc1-c1[c-]ccc(Br)c1.[Ir].[Ir].[Ir].[Ir]. The predicted molar refractivity (Wildman–Crippen MR) is 374 cm³/mol. The van der Waals surface area contributed by atoms with E-state index in [1.807, 2.05) is 119 Å². The predicted octanol–water partition coefficient (Wildman–Crippen LogP) is 20.0. The fraction of sp³-hybridized carbons (Fsp3) is 0.130. The van der Waals surface area contributed by atoms with Gasteiger partial charge in [-0.3, -0.25) is 24.3 Å². The van der Waals surface area contributed by atoms with Gasteiger partial charge >= 0.3 is 5.97 Å². The number of hydrogen-bond acceptors (Lipinski definition) is 6. The zero-order chi connectivity index (χ0) is 64.5. The van der Waals surface area contributed by atoms with Crippen molar-refractivity contribution < 1.29 is 94.3 Å². The first kappa shape index (κ1) is 77.3. The first-order chi connectivity index (χ1) is 43.9. The number of carbonyl (C=O) groups excluding carboxylic acids is 1. The third-order valence-corrected chi connectivity index (χ3v) is 16.6. The number of para-hydroxylation sites is 2. The van der Waals surface area contributed by atoms with Gasteiger partial charge in [-0.25, -0.2) is 4.79 Å². The number of nitrogens with zero attached hydrogens (tertiary/aromatic N) is 8. The van der Waals surface area contributed by atoms with Crippen molar-refractivity contribution in [3.8, 4) is 79.4 Å². The second kappa shape index (κ2) is 35.5. The Hall–Kier alpha value is -6.74. The van der Waals surface area contributed by atoms with Crippen LogP contribution in [0.15, 0.2) is 221 Å². The van der Waals surface area contributed by atoms with E-state index in [0.29, 0.717) is 21.8 Å².